The lowest BCUT2D eigenvalue weighted by molar-refractivity contribution is 0.0800. The second-order valence-corrected chi connectivity index (χ2v) is 6.19. The van der Waals surface area contributed by atoms with Gasteiger partial charge in [-0.1, -0.05) is 6.07 Å². The van der Waals surface area contributed by atoms with E-state index in [4.69, 9.17) is 4.74 Å². The van der Waals surface area contributed by atoms with E-state index < -0.39 is 0 Å². The van der Waals surface area contributed by atoms with Crippen molar-refractivity contribution in [2.24, 2.45) is 0 Å². The molecule has 1 atom stereocenters. The number of fused-ring (bicyclic) bond motifs is 2. The summed E-state index contributed by atoms with van der Waals surface area (Å²) in [6, 6.07) is 2.54. The molecule has 1 saturated heterocycles. The van der Waals surface area contributed by atoms with Gasteiger partial charge in [-0.15, -0.1) is 0 Å². The first-order chi connectivity index (χ1) is 8.93. The van der Waals surface area contributed by atoms with Gasteiger partial charge in [0.15, 0.2) is 0 Å². The molecule has 2 aliphatic carbocycles. The van der Waals surface area contributed by atoms with E-state index in [0.29, 0.717) is 5.92 Å². The fraction of sp³-hybridized carbons (Fsp3) is 0.647. The van der Waals surface area contributed by atoms with Crippen LogP contribution < -0.4 is 0 Å². The summed E-state index contributed by atoms with van der Waals surface area (Å²) in [6.07, 6.45) is 10.7. The lowest BCUT2D eigenvalue weighted by Gasteiger charge is -2.27. The molecule has 4 rings (SSSR count). The van der Waals surface area contributed by atoms with Crippen molar-refractivity contribution in [1.29, 1.82) is 0 Å². The van der Waals surface area contributed by atoms with Crippen molar-refractivity contribution < 1.29 is 4.74 Å². The van der Waals surface area contributed by atoms with Crippen LogP contribution in [0.1, 0.15) is 59.4 Å². The topological polar surface area (TPSA) is 9.23 Å². The summed E-state index contributed by atoms with van der Waals surface area (Å²) in [4.78, 5) is 0. The van der Waals surface area contributed by atoms with E-state index in [1.54, 1.807) is 27.8 Å². The zero-order valence-electron chi connectivity index (χ0n) is 11.1. The van der Waals surface area contributed by atoms with Gasteiger partial charge in [0, 0.05) is 12.5 Å². The Morgan fingerprint density at radius 2 is 1.61 bits per heavy atom. The third kappa shape index (κ3) is 1.64. The number of rotatable bonds is 1. The molecule has 0 saturated carbocycles. The highest BCUT2D eigenvalue weighted by atomic mass is 16.5. The third-order valence-electron chi connectivity index (χ3n) is 5.09. The summed E-state index contributed by atoms with van der Waals surface area (Å²) >= 11 is 0. The van der Waals surface area contributed by atoms with Gasteiger partial charge in [0.25, 0.3) is 0 Å². The molecule has 0 amide bonds. The molecule has 1 nitrogen and oxygen atoms in total. The second kappa shape index (κ2) is 4.38. The van der Waals surface area contributed by atoms with Crippen molar-refractivity contribution in [3.05, 3.63) is 33.9 Å². The Balaban J connectivity index is 1.84. The summed E-state index contributed by atoms with van der Waals surface area (Å²) in [7, 11) is 0. The largest absolute Gasteiger partial charge is 0.381 e. The van der Waals surface area contributed by atoms with E-state index >= 15 is 0 Å². The van der Waals surface area contributed by atoms with Crippen LogP contribution in [-0.4, -0.2) is 13.2 Å². The Morgan fingerprint density at radius 3 is 2.22 bits per heavy atom. The van der Waals surface area contributed by atoms with E-state index in [0.717, 1.165) is 13.2 Å². The lowest BCUT2D eigenvalue weighted by atomic mass is 9.83. The second-order valence-electron chi connectivity index (χ2n) is 6.19. The number of ether oxygens (including phenoxy) is 1. The first-order valence-electron chi connectivity index (χ1n) is 7.67. The molecule has 3 aliphatic rings. The first-order valence-corrected chi connectivity index (χ1v) is 7.67. The standard InChI is InChI=1S/C17H22O/c1-4-12-10-13-5-2-8-16(13)17(15(12)7-1)14-6-3-9-18-11-14/h10,14H,1-9,11H2. The molecule has 1 heterocycles. The molecule has 0 radical (unpaired) electrons. The van der Waals surface area contributed by atoms with Crippen molar-refractivity contribution in [3.63, 3.8) is 0 Å². The third-order valence-corrected chi connectivity index (χ3v) is 5.09. The van der Waals surface area contributed by atoms with Gasteiger partial charge >= 0.3 is 0 Å². The Bertz CT molecular complexity index is 437. The number of benzene rings is 1. The van der Waals surface area contributed by atoms with Gasteiger partial charge in [0.1, 0.15) is 0 Å². The predicted molar refractivity (Wildman–Crippen MR) is 73.3 cm³/mol. The molecule has 1 fully saturated rings. The highest BCUT2D eigenvalue weighted by Crippen LogP contribution is 2.41. The minimum Gasteiger partial charge on any atom is -0.381 e. The van der Waals surface area contributed by atoms with Gasteiger partial charge in [-0.05, 0) is 79.2 Å². The fourth-order valence-electron chi connectivity index (χ4n) is 4.32. The Morgan fingerprint density at radius 1 is 0.889 bits per heavy atom. The van der Waals surface area contributed by atoms with Gasteiger partial charge in [-0.3, -0.25) is 0 Å². The van der Waals surface area contributed by atoms with Crippen LogP contribution in [0.4, 0.5) is 0 Å². The van der Waals surface area contributed by atoms with E-state index in [-0.39, 0.29) is 0 Å². The van der Waals surface area contributed by atoms with Crippen LogP contribution in [0.15, 0.2) is 6.07 Å². The molecule has 1 aromatic rings. The Kier molecular flexibility index (Phi) is 2.69. The van der Waals surface area contributed by atoms with Crippen LogP contribution in [0.3, 0.4) is 0 Å². The lowest BCUT2D eigenvalue weighted by Crippen LogP contribution is -2.18. The van der Waals surface area contributed by atoms with Crippen molar-refractivity contribution in [1.82, 2.24) is 0 Å². The minimum atomic E-state index is 0.707. The molecule has 96 valence electrons. The molecule has 0 N–H and O–H groups in total. The van der Waals surface area contributed by atoms with Crippen LogP contribution in [0.5, 0.6) is 0 Å². The minimum absolute atomic E-state index is 0.707. The van der Waals surface area contributed by atoms with Crippen molar-refractivity contribution >= 4 is 0 Å². The van der Waals surface area contributed by atoms with Gasteiger partial charge in [-0.25, -0.2) is 0 Å². The quantitative estimate of drug-likeness (QED) is 0.731. The Labute approximate surface area is 110 Å². The Hall–Kier alpha value is -0.820. The molecular formula is C17H22O. The van der Waals surface area contributed by atoms with Crippen LogP contribution in [-0.2, 0) is 30.4 Å². The molecule has 1 unspecified atom stereocenters. The molecule has 1 aliphatic heterocycles. The maximum atomic E-state index is 5.76. The number of aryl methyl sites for hydroxylation is 2. The van der Waals surface area contributed by atoms with E-state index in [1.807, 2.05) is 0 Å². The van der Waals surface area contributed by atoms with Crippen molar-refractivity contribution in [2.75, 3.05) is 13.2 Å². The summed E-state index contributed by atoms with van der Waals surface area (Å²) in [5.74, 6) is 0.707. The SMILES string of the molecule is c1c2c(c(C3CCCOC3)c3c1CCC3)CCC2. The van der Waals surface area contributed by atoms with Gasteiger partial charge in [-0.2, -0.15) is 0 Å². The van der Waals surface area contributed by atoms with Crippen LogP contribution in [0.2, 0.25) is 0 Å². The van der Waals surface area contributed by atoms with Crippen LogP contribution >= 0.6 is 0 Å². The maximum Gasteiger partial charge on any atom is 0.0534 e. The highest BCUT2D eigenvalue weighted by molar-refractivity contribution is 5.51. The van der Waals surface area contributed by atoms with E-state index in [9.17, 15) is 0 Å². The van der Waals surface area contributed by atoms with Gasteiger partial charge in [0.05, 0.1) is 6.61 Å². The summed E-state index contributed by atoms with van der Waals surface area (Å²) in [5.41, 5.74) is 8.56. The average Bonchev–Trinajstić information content (AvgIpc) is 3.04. The molecule has 1 heteroatoms. The predicted octanol–water partition coefficient (Wildman–Crippen LogP) is 3.56. The summed E-state index contributed by atoms with van der Waals surface area (Å²) < 4.78 is 5.76. The van der Waals surface area contributed by atoms with Crippen LogP contribution in [0.25, 0.3) is 0 Å². The summed E-state index contributed by atoms with van der Waals surface area (Å²) in [5, 5.41) is 0. The van der Waals surface area contributed by atoms with E-state index in [2.05, 4.69) is 6.07 Å². The fourth-order valence-corrected chi connectivity index (χ4v) is 4.32. The molecule has 0 aromatic heterocycles. The smallest absolute Gasteiger partial charge is 0.0534 e. The van der Waals surface area contributed by atoms with Gasteiger partial charge < -0.3 is 4.74 Å². The monoisotopic (exact) mass is 242 g/mol. The maximum absolute atomic E-state index is 5.76. The zero-order valence-corrected chi connectivity index (χ0v) is 11.1. The van der Waals surface area contributed by atoms with Crippen LogP contribution in [0, 0.1) is 0 Å². The average molecular weight is 242 g/mol. The van der Waals surface area contributed by atoms with Crippen molar-refractivity contribution in [3.8, 4) is 0 Å². The molecular weight excluding hydrogens is 220 g/mol. The number of hydrogen-bond acceptors (Lipinski definition) is 1. The summed E-state index contributed by atoms with van der Waals surface area (Å²) in [6.45, 7) is 1.95. The van der Waals surface area contributed by atoms with Crippen molar-refractivity contribution in [2.45, 2.75) is 57.3 Å². The first kappa shape index (κ1) is 11.0. The molecule has 1 aromatic carbocycles. The zero-order chi connectivity index (χ0) is 11.9. The van der Waals surface area contributed by atoms with E-state index in [1.165, 1.54) is 51.4 Å². The number of hydrogen-bond donors (Lipinski definition) is 0. The normalized spacial score (nSPS) is 26.1. The molecule has 0 bridgehead atoms. The highest BCUT2D eigenvalue weighted by Gasteiger charge is 2.29. The molecule has 18 heavy (non-hydrogen) atoms. The molecule has 0 spiro atoms. The van der Waals surface area contributed by atoms with Gasteiger partial charge in [0.2, 0.25) is 0 Å².